The molecular weight excluding hydrogens is 540 g/mol. The van der Waals surface area contributed by atoms with Gasteiger partial charge in [-0.05, 0) is 38.0 Å². The van der Waals surface area contributed by atoms with E-state index in [0.29, 0.717) is 12.8 Å². The molecule has 6 nitrogen and oxygen atoms in total. The highest BCUT2D eigenvalue weighted by Crippen LogP contribution is 2.14. The molecular formula is C37H66O6. The van der Waals surface area contributed by atoms with Gasteiger partial charge in [-0.1, -0.05) is 147 Å². The molecule has 0 rings (SSSR count). The smallest absolute Gasteiger partial charge is 0.305 e. The maximum atomic E-state index is 11.9. The van der Waals surface area contributed by atoms with E-state index in [-0.39, 0.29) is 25.2 Å². The summed E-state index contributed by atoms with van der Waals surface area (Å²) < 4.78 is 10.3. The molecule has 0 spiro atoms. The van der Waals surface area contributed by atoms with Gasteiger partial charge < -0.3 is 19.7 Å². The van der Waals surface area contributed by atoms with Crippen LogP contribution in [0.15, 0.2) is 36.5 Å². The van der Waals surface area contributed by atoms with Gasteiger partial charge in [0, 0.05) is 12.8 Å². The number of esters is 2. The zero-order valence-electron chi connectivity index (χ0n) is 28.0. The molecule has 0 saturated heterocycles. The molecule has 2 atom stereocenters. The summed E-state index contributed by atoms with van der Waals surface area (Å²) in [6.45, 7) is 6.40. The first-order valence-electron chi connectivity index (χ1n) is 17.5. The zero-order valence-corrected chi connectivity index (χ0v) is 28.0. The van der Waals surface area contributed by atoms with Crippen molar-refractivity contribution in [2.75, 3.05) is 13.2 Å². The van der Waals surface area contributed by atoms with Gasteiger partial charge in [0.15, 0.2) is 0 Å². The molecule has 0 bridgehead atoms. The maximum Gasteiger partial charge on any atom is 0.305 e. The first-order chi connectivity index (χ1) is 20.8. The van der Waals surface area contributed by atoms with Crippen molar-refractivity contribution >= 4 is 11.9 Å². The standard InChI is InChI=1S/C37H66O6/c1-4-5-6-7-12-17-22-27-34(38)28-23-18-15-20-25-30-37(41)43-32-35(39)31-42-36(40)29-24-19-14-11-9-8-10-13-16-21-26-33(2)3/h5-6,12,17,22,27,33-35,38-39H,4,7-11,13-16,18-21,23-26,28-32H2,1-3H3/b6-5+,17-12+,27-22+/t34?,35-/m1/s1. The highest BCUT2D eigenvalue weighted by atomic mass is 16.6. The average Bonchev–Trinajstić information content (AvgIpc) is 2.98. The van der Waals surface area contributed by atoms with Crippen LogP contribution in [-0.4, -0.2) is 47.6 Å². The van der Waals surface area contributed by atoms with Crippen molar-refractivity contribution in [3.63, 3.8) is 0 Å². The first-order valence-corrected chi connectivity index (χ1v) is 17.5. The fourth-order valence-corrected chi connectivity index (χ4v) is 4.75. The quantitative estimate of drug-likeness (QED) is 0.0366. The van der Waals surface area contributed by atoms with Crippen LogP contribution in [0.2, 0.25) is 0 Å². The molecule has 0 amide bonds. The van der Waals surface area contributed by atoms with Crippen molar-refractivity contribution in [2.24, 2.45) is 5.92 Å². The van der Waals surface area contributed by atoms with Gasteiger partial charge in [-0.2, -0.15) is 0 Å². The second kappa shape index (κ2) is 31.5. The van der Waals surface area contributed by atoms with Crippen LogP contribution in [0, 0.1) is 5.92 Å². The van der Waals surface area contributed by atoms with Crippen LogP contribution in [-0.2, 0) is 19.1 Å². The molecule has 1 unspecified atom stereocenters. The third-order valence-corrected chi connectivity index (χ3v) is 7.42. The van der Waals surface area contributed by atoms with E-state index < -0.39 is 12.2 Å². The number of aliphatic hydroxyl groups is 2. The largest absolute Gasteiger partial charge is 0.463 e. The summed E-state index contributed by atoms with van der Waals surface area (Å²) in [7, 11) is 0. The molecule has 2 N–H and O–H groups in total. The van der Waals surface area contributed by atoms with E-state index in [1.54, 1.807) is 0 Å². The molecule has 0 radical (unpaired) electrons. The van der Waals surface area contributed by atoms with Gasteiger partial charge in [-0.3, -0.25) is 9.59 Å². The summed E-state index contributed by atoms with van der Waals surface area (Å²) >= 11 is 0. The zero-order chi connectivity index (χ0) is 31.8. The molecule has 0 aliphatic carbocycles. The van der Waals surface area contributed by atoms with Crippen LogP contribution in [0.3, 0.4) is 0 Å². The maximum absolute atomic E-state index is 11.9. The van der Waals surface area contributed by atoms with Crippen molar-refractivity contribution in [3.05, 3.63) is 36.5 Å². The second-order valence-corrected chi connectivity index (χ2v) is 12.3. The lowest BCUT2D eigenvalue weighted by Crippen LogP contribution is -2.25. The SMILES string of the molecule is CC/C=C/C/C=C/C=C/C(O)CCCCCCCC(=O)OC[C@H](O)COC(=O)CCCCCCCCCCCCC(C)C. The number of carbonyl (C=O) groups excluding carboxylic acids is 2. The summed E-state index contributed by atoms with van der Waals surface area (Å²) in [5.41, 5.74) is 0. The van der Waals surface area contributed by atoms with E-state index in [2.05, 4.69) is 39.0 Å². The number of hydrogen-bond donors (Lipinski definition) is 2. The number of allylic oxidation sites excluding steroid dienone is 5. The molecule has 0 heterocycles. The number of aliphatic hydroxyl groups excluding tert-OH is 2. The lowest BCUT2D eigenvalue weighted by Gasteiger charge is -2.12. The molecule has 43 heavy (non-hydrogen) atoms. The second-order valence-electron chi connectivity index (χ2n) is 12.3. The molecule has 0 fully saturated rings. The lowest BCUT2D eigenvalue weighted by molar-refractivity contribution is -0.152. The van der Waals surface area contributed by atoms with Gasteiger partial charge in [0.05, 0.1) is 6.10 Å². The third kappa shape index (κ3) is 32.8. The van der Waals surface area contributed by atoms with Crippen LogP contribution >= 0.6 is 0 Å². The summed E-state index contributed by atoms with van der Waals surface area (Å²) in [5, 5.41) is 20.0. The van der Waals surface area contributed by atoms with Gasteiger partial charge in [0.2, 0.25) is 0 Å². The molecule has 0 aromatic carbocycles. The Morgan fingerprint density at radius 1 is 0.605 bits per heavy atom. The van der Waals surface area contributed by atoms with E-state index in [1.165, 1.54) is 51.4 Å². The monoisotopic (exact) mass is 606 g/mol. The van der Waals surface area contributed by atoms with Crippen LogP contribution in [0.25, 0.3) is 0 Å². The minimum atomic E-state index is -0.993. The highest BCUT2D eigenvalue weighted by Gasteiger charge is 2.12. The molecule has 250 valence electrons. The number of unbranched alkanes of at least 4 members (excludes halogenated alkanes) is 13. The molecule has 0 aliphatic heterocycles. The molecule has 0 aromatic heterocycles. The van der Waals surface area contributed by atoms with Crippen molar-refractivity contribution in [2.45, 2.75) is 168 Å². The van der Waals surface area contributed by atoms with Crippen molar-refractivity contribution in [3.8, 4) is 0 Å². The minimum Gasteiger partial charge on any atom is -0.463 e. The summed E-state index contributed by atoms with van der Waals surface area (Å²) in [6.07, 6.45) is 32.2. The van der Waals surface area contributed by atoms with Crippen LogP contribution in [0.5, 0.6) is 0 Å². The minimum absolute atomic E-state index is 0.142. The van der Waals surface area contributed by atoms with E-state index in [9.17, 15) is 19.8 Å². The summed E-state index contributed by atoms with van der Waals surface area (Å²) in [5.74, 6) is 0.180. The van der Waals surface area contributed by atoms with Crippen LogP contribution in [0.4, 0.5) is 0 Å². The van der Waals surface area contributed by atoms with E-state index in [4.69, 9.17) is 9.47 Å². The Hall–Kier alpha value is -1.92. The van der Waals surface area contributed by atoms with Crippen molar-refractivity contribution < 1.29 is 29.3 Å². The van der Waals surface area contributed by atoms with Gasteiger partial charge in [0.25, 0.3) is 0 Å². The Balaban J connectivity index is 3.55. The highest BCUT2D eigenvalue weighted by molar-refractivity contribution is 5.69. The Morgan fingerprint density at radius 2 is 1.07 bits per heavy atom. The first kappa shape index (κ1) is 41.1. The summed E-state index contributed by atoms with van der Waals surface area (Å²) in [6, 6.07) is 0. The van der Waals surface area contributed by atoms with Crippen molar-refractivity contribution in [1.82, 2.24) is 0 Å². The van der Waals surface area contributed by atoms with Crippen molar-refractivity contribution in [1.29, 1.82) is 0 Å². The topological polar surface area (TPSA) is 93.1 Å². The number of carbonyl (C=O) groups is 2. The third-order valence-electron chi connectivity index (χ3n) is 7.42. The Kier molecular flexibility index (Phi) is 30.1. The van der Waals surface area contributed by atoms with E-state index in [1.807, 2.05) is 18.2 Å². The predicted octanol–water partition coefficient (Wildman–Crippen LogP) is 9.33. The van der Waals surface area contributed by atoms with E-state index in [0.717, 1.165) is 76.5 Å². The van der Waals surface area contributed by atoms with Crippen LogP contribution < -0.4 is 0 Å². The van der Waals surface area contributed by atoms with E-state index >= 15 is 0 Å². The Bertz CT molecular complexity index is 727. The van der Waals surface area contributed by atoms with Gasteiger partial charge in [-0.15, -0.1) is 0 Å². The molecule has 0 saturated carbocycles. The number of ether oxygens (including phenoxy) is 2. The summed E-state index contributed by atoms with van der Waals surface area (Å²) in [4.78, 5) is 23.8. The Labute approximate surface area is 264 Å². The molecule has 0 aromatic rings. The number of hydrogen-bond acceptors (Lipinski definition) is 6. The normalized spacial score (nSPS) is 13.4. The van der Waals surface area contributed by atoms with Gasteiger partial charge >= 0.3 is 11.9 Å². The number of rotatable bonds is 30. The molecule has 0 aliphatic rings. The average molecular weight is 607 g/mol. The van der Waals surface area contributed by atoms with Crippen LogP contribution in [0.1, 0.15) is 156 Å². The van der Waals surface area contributed by atoms with Gasteiger partial charge in [0.1, 0.15) is 19.3 Å². The van der Waals surface area contributed by atoms with Gasteiger partial charge in [-0.25, -0.2) is 0 Å². The fourth-order valence-electron chi connectivity index (χ4n) is 4.75. The Morgan fingerprint density at radius 3 is 1.56 bits per heavy atom. The fraction of sp³-hybridized carbons (Fsp3) is 0.784. The molecule has 6 heteroatoms. The predicted molar refractivity (Wildman–Crippen MR) is 179 cm³/mol. The lowest BCUT2D eigenvalue weighted by atomic mass is 10.0.